The second-order valence-corrected chi connectivity index (χ2v) is 26.0. The summed E-state index contributed by atoms with van der Waals surface area (Å²) in [7, 11) is 8.00. The summed E-state index contributed by atoms with van der Waals surface area (Å²) in [6.45, 7) is 3.34. The normalized spacial score (nSPS) is 13.3. The molecule has 0 saturated heterocycles. The largest absolute Gasteiger partial charge is 0.507 e. The molecule has 0 saturated carbocycles. The summed E-state index contributed by atoms with van der Waals surface area (Å²) in [4.78, 5) is 30.1. The van der Waals surface area contributed by atoms with E-state index < -0.39 is 11.9 Å². The number of aromatic hydroxyl groups is 2. The fourth-order valence-electron chi connectivity index (χ4n) is 13.6. The van der Waals surface area contributed by atoms with Crippen LogP contribution >= 0.6 is 0 Å². The predicted octanol–water partition coefficient (Wildman–Crippen LogP) is 13.6. The minimum atomic E-state index is -0.402. The first kappa shape index (κ1) is 63.9. The van der Waals surface area contributed by atoms with Gasteiger partial charge in [-0.1, -0.05) is 109 Å². The van der Waals surface area contributed by atoms with Gasteiger partial charge in [-0.15, -0.1) is 0 Å². The number of phenolic OH excluding ortho intramolecular Hbond substituents is 2. The van der Waals surface area contributed by atoms with Crippen molar-refractivity contribution in [2.45, 2.75) is 45.1 Å². The standard InChI is InChI=1S/C86H73N6O8/c1-87(2)65-27-31-71-77(53-65)99-83-73(29-25-63-13-9-19-75(93)79(63)83)81(71)67-15-5-7-17-69(67)85(95)97-51-11-41-89-43-33-59(34-44-89)61-37-47-91(48-38-61)55-57-21-23-58(24-22-57)56-92-49-39-62(40-50-92)60-35-45-90(46-36-60)42-12-52-98-86(96)70-18-8-6-16-68(70)82-72-32-28-66(88(3)4)54-78(72)100-84-74(82)30-26-64-14-10-20-76(94)80(64)84/h5-10,13-40,43-50,53-54,65H,11-12,41-42,51-52,55-56H2,1-4H3/q+3/p+2. The molecule has 1 unspecified atom stereocenters. The summed E-state index contributed by atoms with van der Waals surface area (Å²) in [6, 6.07) is 65.9. The van der Waals surface area contributed by atoms with Gasteiger partial charge in [-0.2, -0.15) is 0 Å². The van der Waals surface area contributed by atoms with E-state index in [1.54, 1.807) is 12.1 Å². The summed E-state index contributed by atoms with van der Waals surface area (Å²) < 4.78 is 35.8. The highest BCUT2D eigenvalue weighted by Gasteiger charge is 2.32. The second-order valence-electron chi connectivity index (χ2n) is 26.0. The van der Waals surface area contributed by atoms with E-state index >= 15 is 0 Å². The number of benzene rings is 8. The number of aryl methyl sites for hydroxylation is 2. The van der Waals surface area contributed by atoms with Crippen LogP contribution in [0.25, 0.3) is 82.8 Å². The third-order valence-electron chi connectivity index (χ3n) is 19.0. The molecule has 0 amide bonds. The van der Waals surface area contributed by atoms with Crippen LogP contribution in [-0.2, 0) is 35.7 Å². The highest BCUT2D eigenvalue weighted by atomic mass is 16.5. The third-order valence-corrected chi connectivity index (χ3v) is 19.0. The van der Waals surface area contributed by atoms with Crippen LogP contribution in [0.4, 0.5) is 0 Å². The van der Waals surface area contributed by atoms with Gasteiger partial charge in [0.15, 0.2) is 75.8 Å². The molecule has 6 heterocycles. The number of nitrogens with zero attached hydrogens (tertiary/aromatic N) is 6. The Morgan fingerprint density at radius 2 is 1.02 bits per heavy atom. The number of phenols is 2. The Balaban J connectivity index is 0.515. The maximum atomic E-state index is 14.0. The first-order valence-electron chi connectivity index (χ1n) is 33.8. The zero-order chi connectivity index (χ0) is 68.4. The van der Waals surface area contributed by atoms with E-state index in [2.05, 4.69) is 164 Å². The summed E-state index contributed by atoms with van der Waals surface area (Å²) in [5.74, 6) is 1.33. The third kappa shape index (κ3) is 13.0. The molecule has 492 valence electrons. The summed E-state index contributed by atoms with van der Waals surface area (Å²) in [6.07, 6.45) is 24.3. The molecule has 7 aromatic carbocycles. The van der Waals surface area contributed by atoms with E-state index in [1.165, 1.54) is 11.1 Å². The van der Waals surface area contributed by atoms with Crippen molar-refractivity contribution < 1.29 is 56.7 Å². The Morgan fingerprint density at radius 3 is 1.58 bits per heavy atom. The Morgan fingerprint density at radius 1 is 0.520 bits per heavy atom. The molecule has 0 spiro atoms. The molecule has 2 N–H and O–H groups in total. The highest BCUT2D eigenvalue weighted by Crippen LogP contribution is 2.50. The molecule has 4 aromatic heterocycles. The number of ether oxygens (including phenoxy) is 3. The number of rotatable bonds is 19. The number of allylic oxidation sites excluding steroid dienone is 1. The SMILES string of the molecule is CN(C)C1C=CC2=C(c3ccccc3C(=O)OCCC[n+]3ccc(-c4cc[n+](Cc5ccc(C[n+]6ccc(-c7cc[n+](CCCOC(=O)c8ccccc8-c8c9ccc(=[N+](C)C)cc-9oc9c8ccc8cccc(O)c89)cc7)cc6)cc5)cc4)cc3)c3ccc4cccc(O)c4c3OC2=C1. The van der Waals surface area contributed by atoms with Gasteiger partial charge in [0.05, 0.1) is 41.2 Å². The van der Waals surface area contributed by atoms with Crippen molar-refractivity contribution in [3.05, 3.63) is 318 Å². The van der Waals surface area contributed by atoms with Crippen LogP contribution < -0.4 is 32.9 Å². The van der Waals surface area contributed by atoms with Crippen molar-refractivity contribution in [2.24, 2.45) is 0 Å². The van der Waals surface area contributed by atoms with Gasteiger partial charge >= 0.3 is 11.9 Å². The summed E-state index contributed by atoms with van der Waals surface area (Å²) >= 11 is 0. The van der Waals surface area contributed by atoms with Crippen LogP contribution in [-0.4, -0.2) is 74.5 Å². The Bertz CT molecular complexity index is 5440. The van der Waals surface area contributed by atoms with Crippen LogP contribution in [0.1, 0.15) is 55.8 Å². The number of carbonyl (C=O) groups excluding carboxylic acids is 2. The van der Waals surface area contributed by atoms with Crippen LogP contribution in [0.2, 0.25) is 0 Å². The van der Waals surface area contributed by atoms with Gasteiger partial charge in [0.1, 0.15) is 48.4 Å². The van der Waals surface area contributed by atoms with Gasteiger partial charge in [0.25, 0.3) is 0 Å². The Kier molecular flexibility index (Phi) is 17.7. The maximum Gasteiger partial charge on any atom is 0.338 e. The van der Waals surface area contributed by atoms with E-state index in [4.69, 9.17) is 18.6 Å². The number of hydrogen-bond donors (Lipinski definition) is 2. The lowest BCUT2D eigenvalue weighted by atomic mass is 9.84. The molecule has 2 aliphatic carbocycles. The molecular weight excluding hydrogens is 1240 g/mol. The average molecular weight is 1320 g/mol. The molecule has 4 aliphatic rings. The van der Waals surface area contributed by atoms with Gasteiger partial charge in [0, 0.05) is 118 Å². The minimum Gasteiger partial charge on any atom is -0.507 e. The smallest absolute Gasteiger partial charge is 0.338 e. The van der Waals surface area contributed by atoms with E-state index in [0.29, 0.717) is 70.7 Å². The van der Waals surface area contributed by atoms with Crippen LogP contribution in [0, 0.1) is 0 Å². The average Bonchev–Trinajstić information content (AvgIpc) is 0.739. The summed E-state index contributed by atoms with van der Waals surface area (Å²) in [5, 5.41) is 26.9. The number of carbonyl (C=O) groups is 2. The molecular formula is C86H75N6O8+5. The predicted molar refractivity (Wildman–Crippen MR) is 387 cm³/mol. The zero-order valence-electron chi connectivity index (χ0n) is 56.2. The van der Waals surface area contributed by atoms with Gasteiger partial charge in [-0.3, -0.25) is 4.90 Å². The molecule has 14 nitrogen and oxygen atoms in total. The molecule has 2 aliphatic heterocycles. The van der Waals surface area contributed by atoms with Crippen molar-refractivity contribution in [1.29, 1.82) is 0 Å². The highest BCUT2D eigenvalue weighted by molar-refractivity contribution is 6.16. The Hall–Kier alpha value is -12.1. The van der Waals surface area contributed by atoms with Crippen molar-refractivity contribution in [2.75, 3.05) is 41.4 Å². The molecule has 1 atom stereocenters. The van der Waals surface area contributed by atoms with Gasteiger partial charge in [0.2, 0.25) is 5.36 Å². The molecule has 0 fully saturated rings. The van der Waals surface area contributed by atoms with E-state index in [1.807, 2.05) is 148 Å². The molecule has 14 heteroatoms. The first-order chi connectivity index (χ1) is 48.8. The van der Waals surface area contributed by atoms with Gasteiger partial charge in [-0.05, 0) is 107 Å². The van der Waals surface area contributed by atoms with Gasteiger partial charge in [-0.25, -0.2) is 32.4 Å². The first-order valence-corrected chi connectivity index (χ1v) is 33.8. The lowest BCUT2D eigenvalue weighted by molar-refractivity contribution is -0.697. The minimum absolute atomic E-state index is 0.00914. The number of likely N-dealkylation sites (N-methyl/N-ethyl adjacent to an activating group) is 1. The number of hydrogen-bond acceptors (Lipinski definition) is 9. The molecule has 100 heavy (non-hydrogen) atoms. The van der Waals surface area contributed by atoms with Crippen LogP contribution in [0.15, 0.2) is 284 Å². The zero-order valence-corrected chi connectivity index (χ0v) is 56.2. The van der Waals surface area contributed by atoms with Crippen LogP contribution in [0.3, 0.4) is 0 Å². The molecule has 15 rings (SSSR count). The number of esters is 2. The van der Waals surface area contributed by atoms with Crippen molar-refractivity contribution in [3.8, 4) is 62.0 Å². The van der Waals surface area contributed by atoms with Crippen molar-refractivity contribution >= 4 is 50.0 Å². The monoisotopic (exact) mass is 1320 g/mol. The fraction of sp³-hybridized carbons (Fsp3) is 0.151. The molecule has 0 radical (unpaired) electrons. The quantitative estimate of drug-likeness (QED) is 0.0266. The number of aromatic nitrogens is 4. The number of fused-ring (bicyclic) bond motifs is 8. The summed E-state index contributed by atoms with van der Waals surface area (Å²) in [5.41, 5.74) is 14.0. The fourth-order valence-corrected chi connectivity index (χ4v) is 13.6. The van der Waals surface area contributed by atoms with Gasteiger partial charge < -0.3 is 28.8 Å². The molecule has 11 aromatic rings. The van der Waals surface area contributed by atoms with E-state index in [-0.39, 0.29) is 30.8 Å². The Labute approximate surface area is 579 Å². The lowest BCUT2D eigenvalue weighted by Crippen LogP contribution is -2.34. The molecule has 0 bridgehead atoms. The number of pyridine rings is 4. The van der Waals surface area contributed by atoms with E-state index in [9.17, 15) is 19.8 Å². The lowest BCUT2D eigenvalue weighted by Gasteiger charge is -2.31. The van der Waals surface area contributed by atoms with Crippen molar-refractivity contribution in [1.82, 2.24) is 9.48 Å². The maximum absolute atomic E-state index is 14.0. The van der Waals surface area contributed by atoms with E-state index in [0.717, 1.165) is 95.8 Å². The second kappa shape index (κ2) is 27.8. The van der Waals surface area contributed by atoms with Crippen molar-refractivity contribution in [3.63, 3.8) is 0 Å². The van der Waals surface area contributed by atoms with Crippen LogP contribution in [0.5, 0.6) is 17.2 Å². The topological polar surface area (TPSA) is 137 Å².